The monoisotopic (exact) mass is 360 g/mol. The molecular weight excluding hydrogens is 344 g/mol. The van der Waals surface area contributed by atoms with Crippen LogP contribution >= 0.6 is 23.7 Å². The molecule has 1 aromatic heterocycles. The van der Waals surface area contributed by atoms with E-state index in [0.29, 0.717) is 18.5 Å². The minimum absolute atomic E-state index is 0. The number of nitrogens with one attached hydrogen (secondary N) is 1. The van der Waals surface area contributed by atoms with Gasteiger partial charge in [-0.2, -0.15) is 0 Å². The van der Waals surface area contributed by atoms with E-state index in [1.165, 1.54) is 6.07 Å². The maximum Gasteiger partial charge on any atom is 0.247 e. The first kappa shape index (κ1) is 17.9. The van der Waals surface area contributed by atoms with E-state index in [9.17, 15) is 16.8 Å². The first-order valence-corrected chi connectivity index (χ1v) is 9.72. The molecule has 6 nitrogen and oxygen atoms in total. The van der Waals surface area contributed by atoms with Crippen LogP contribution in [0.4, 0.5) is 0 Å². The Labute approximate surface area is 129 Å². The van der Waals surface area contributed by atoms with Crippen molar-refractivity contribution in [2.24, 2.45) is 5.14 Å². The lowest BCUT2D eigenvalue weighted by Gasteiger charge is -2.27. The highest BCUT2D eigenvalue weighted by Gasteiger charge is 2.39. The molecule has 0 radical (unpaired) electrons. The zero-order valence-electron chi connectivity index (χ0n) is 11.0. The van der Waals surface area contributed by atoms with Crippen LogP contribution in [-0.2, 0) is 19.9 Å². The maximum atomic E-state index is 12.2. The van der Waals surface area contributed by atoms with E-state index >= 15 is 0 Å². The van der Waals surface area contributed by atoms with Crippen LogP contribution in [-0.4, -0.2) is 28.6 Å². The molecule has 0 spiro atoms. The summed E-state index contributed by atoms with van der Waals surface area (Å²) in [6.07, 6.45) is 0.434. The van der Waals surface area contributed by atoms with Crippen molar-refractivity contribution in [1.82, 2.24) is 5.32 Å². The van der Waals surface area contributed by atoms with Gasteiger partial charge in [0.05, 0.1) is 5.25 Å². The Morgan fingerprint density at radius 2 is 2.10 bits per heavy atom. The minimum atomic E-state index is -3.88. The summed E-state index contributed by atoms with van der Waals surface area (Å²) < 4.78 is 47.3. The highest BCUT2D eigenvalue weighted by Crippen LogP contribution is 2.42. The van der Waals surface area contributed by atoms with Crippen molar-refractivity contribution in [1.29, 1.82) is 0 Å². The molecule has 20 heavy (non-hydrogen) atoms. The second kappa shape index (κ2) is 5.90. The number of primary sulfonamides is 1. The number of halogens is 1. The Kier molecular flexibility index (Phi) is 5.27. The molecule has 0 fully saturated rings. The number of rotatable bonds is 3. The van der Waals surface area contributed by atoms with Crippen LogP contribution in [0.2, 0.25) is 0 Å². The molecule has 3 N–H and O–H groups in total. The van der Waals surface area contributed by atoms with Crippen molar-refractivity contribution in [2.45, 2.75) is 40.0 Å². The summed E-state index contributed by atoms with van der Waals surface area (Å²) in [6.45, 7) is 4.23. The van der Waals surface area contributed by atoms with Crippen LogP contribution < -0.4 is 10.5 Å². The van der Waals surface area contributed by atoms with E-state index in [-0.39, 0.29) is 26.9 Å². The molecule has 2 rings (SSSR count). The molecule has 0 aliphatic carbocycles. The Morgan fingerprint density at radius 1 is 1.50 bits per heavy atom. The van der Waals surface area contributed by atoms with Gasteiger partial charge in [0.15, 0.2) is 9.84 Å². The van der Waals surface area contributed by atoms with Crippen LogP contribution in [0.5, 0.6) is 0 Å². The second-order valence-electron chi connectivity index (χ2n) is 4.55. The van der Waals surface area contributed by atoms with Crippen molar-refractivity contribution < 1.29 is 16.8 Å². The Balaban J connectivity index is 0.00000200. The topological polar surface area (TPSA) is 106 Å². The largest absolute Gasteiger partial charge is 0.310 e. The van der Waals surface area contributed by atoms with Crippen LogP contribution in [0.25, 0.3) is 0 Å². The molecule has 2 atom stereocenters. The van der Waals surface area contributed by atoms with Gasteiger partial charge in [0.2, 0.25) is 10.0 Å². The fraction of sp³-hybridized carbons (Fsp3) is 0.600. The molecule has 10 heteroatoms. The van der Waals surface area contributed by atoms with E-state index in [4.69, 9.17) is 5.14 Å². The van der Waals surface area contributed by atoms with Gasteiger partial charge >= 0.3 is 0 Å². The SMILES string of the molecule is CCNC1C[C@H](C)S(=O)(=O)c2sc(S(N)(=O)=O)cc21.Cl. The predicted octanol–water partition coefficient (Wildman–Crippen LogP) is 1.03. The fourth-order valence-electron chi connectivity index (χ4n) is 2.18. The zero-order chi connectivity index (χ0) is 14.4. The van der Waals surface area contributed by atoms with Gasteiger partial charge in [0, 0.05) is 11.6 Å². The van der Waals surface area contributed by atoms with Crippen molar-refractivity contribution in [3.63, 3.8) is 0 Å². The lowest BCUT2D eigenvalue weighted by molar-refractivity contribution is 0.477. The van der Waals surface area contributed by atoms with E-state index in [1.807, 2.05) is 6.92 Å². The lowest BCUT2D eigenvalue weighted by Crippen LogP contribution is -2.33. The molecular formula is C10H17ClN2O4S3. The summed E-state index contributed by atoms with van der Waals surface area (Å²) in [4.78, 5) is 0. The average molecular weight is 361 g/mol. The lowest BCUT2D eigenvalue weighted by atomic mass is 10.1. The van der Waals surface area contributed by atoms with Crippen LogP contribution in [0, 0.1) is 0 Å². The third-order valence-electron chi connectivity index (χ3n) is 3.16. The third kappa shape index (κ3) is 3.02. The summed E-state index contributed by atoms with van der Waals surface area (Å²) in [5, 5.41) is 7.73. The molecule has 0 bridgehead atoms. The second-order valence-corrected chi connectivity index (χ2v) is 9.96. The number of hydrogen-bond donors (Lipinski definition) is 2. The summed E-state index contributed by atoms with van der Waals surface area (Å²) >= 11 is 0.742. The first-order valence-electron chi connectivity index (χ1n) is 5.81. The van der Waals surface area contributed by atoms with Gasteiger partial charge in [-0.3, -0.25) is 0 Å². The fourth-order valence-corrected chi connectivity index (χ4v) is 6.60. The van der Waals surface area contributed by atoms with Gasteiger partial charge in [-0.05, 0) is 26.0 Å². The normalized spacial score (nSPS) is 24.8. The van der Waals surface area contributed by atoms with Crippen molar-refractivity contribution in [2.75, 3.05) is 6.54 Å². The molecule has 0 saturated carbocycles. The molecule has 0 amide bonds. The van der Waals surface area contributed by atoms with Crippen molar-refractivity contribution in [3.05, 3.63) is 11.6 Å². The molecule has 1 aliphatic rings. The molecule has 2 heterocycles. The predicted molar refractivity (Wildman–Crippen MR) is 80.6 cm³/mol. The number of fused-ring (bicyclic) bond motifs is 1. The van der Waals surface area contributed by atoms with Gasteiger partial charge in [0.1, 0.15) is 8.42 Å². The van der Waals surface area contributed by atoms with E-state index < -0.39 is 25.1 Å². The first-order chi connectivity index (χ1) is 8.67. The molecule has 116 valence electrons. The molecule has 0 aromatic carbocycles. The van der Waals surface area contributed by atoms with E-state index in [2.05, 4.69) is 5.32 Å². The number of sulfone groups is 1. The highest BCUT2D eigenvalue weighted by molar-refractivity contribution is 7.95. The number of hydrogen-bond acceptors (Lipinski definition) is 6. The van der Waals surface area contributed by atoms with E-state index in [1.54, 1.807) is 6.92 Å². The van der Waals surface area contributed by atoms with Gasteiger partial charge in [0.25, 0.3) is 0 Å². The summed E-state index contributed by atoms with van der Waals surface area (Å²) in [7, 11) is -7.33. The molecule has 0 saturated heterocycles. The van der Waals surface area contributed by atoms with Gasteiger partial charge in [-0.25, -0.2) is 22.0 Å². The van der Waals surface area contributed by atoms with E-state index in [0.717, 1.165) is 11.3 Å². The van der Waals surface area contributed by atoms with Gasteiger partial charge < -0.3 is 5.32 Å². The number of sulfonamides is 1. The maximum absolute atomic E-state index is 12.2. The van der Waals surface area contributed by atoms with Crippen molar-refractivity contribution >= 4 is 43.6 Å². The summed E-state index contributed by atoms with van der Waals surface area (Å²) in [5.41, 5.74) is 0.522. The quantitative estimate of drug-likeness (QED) is 0.837. The summed E-state index contributed by atoms with van der Waals surface area (Å²) in [6, 6.07) is 1.23. The Hall–Kier alpha value is -0.190. The Morgan fingerprint density at radius 3 is 2.60 bits per heavy atom. The highest BCUT2D eigenvalue weighted by atomic mass is 35.5. The van der Waals surface area contributed by atoms with Gasteiger partial charge in [-0.1, -0.05) is 6.92 Å². The average Bonchev–Trinajstić information content (AvgIpc) is 2.72. The van der Waals surface area contributed by atoms with Gasteiger partial charge in [-0.15, -0.1) is 23.7 Å². The third-order valence-corrected chi connectivity index (χ3v) is 8.48. The standard InChI is InChI=1S/C10H16N2O4S3.ClH/c1-3-12-8-4-6(2)18(13,14)10-7(8)5-9(17-10)19(11,15)16;/h5-6,8,12H,3-4H2,1-2H3,(H2,11,15,16);1H/t6-,8?;/m0./s1. The molecule has 1 aromatic rings. The summed E-state index contributed by atoms with van der Waals surface area (Å²) in [5.74, 6) is 0. The Bertz CT molecular complexity index is 696. The zero-order valence-corrected chi connectivity index (χ0v) is 14.3. The number of thiophene rings is 1. The van der Waals surface area contributed by atoms with Crippen LogP contribution in [0.15, 0.2) is 14.5 Å². The van der Waals surface area contributed by atoms with Crippen LogP contribution in [0.3, 0.4) is 0 Å². The number of nitrogens with two attached hydrogens (primary N) is 1. The van der Waals surface area contributed by atoms with Crippen molar-refractivity contribution in [3.8, 4) is 0 Å². The molecule has 1 unspecified atom stereocenters. The molecule has 1 aliphatic heterocycles. The minimum Gasteiger partial charge on any atom is -0.310 e. The smallest absolute Gasteiger partial charge is 0.247 e. The van der Waals surface area contributed by atoms with Crippen LogP contribution in [0.1, 0.15) is 31.9 Å².